The number of ether oxygens (including phenoxy) is 4. The van der Waals surface area contributed by atoms with Gasteiger partial charge in [0.2, 0.25) is 19.5 Å². The number of carbonyl (C=O) groups is 1. The van der Waals surface area contributed by atoms with Gasteiger partial charge < -0.3 is 23.8 Å². The highest BCUT2D eigenvalue weighted by Crippen LogP contribution is 2.52. The van der Waals surface area contributed by atoms with Gasteiger partial charge in [-0.3, -0.25) is 4.79 Å². The van der Waals surface area contributed by atoms with Crippen LogP contribution in [0.25, 0.3) is 0 Å². The number of carbonyl (C=O) groups excluding carboxylic acids is 1. The van der Waals surface area contributed by atoms with Gasteiger partial charge in [-0.05, 0) is 59.4 Å². The molecule has 2 aromatic carbocycles. The van der Waals surface area contributed by atoms with Crippen LogP contribution in [-0.2, 0) is 17.6 Å². The highest BCUT2D eigenvalue weighted by atomic mass is 16.7. The normalized spacial score (nSPS) is 23.1. The molecule has 6 nitrogen and oxygen atoms in total. The molecule has 138 valence electrons. The van der Waals surface area contributed by atoms with E-state index in [1.807, 2.05) is 6.92 Å². The Kier molecular flexibility index (Phi) is 2.99. The van der Waals surface area contributed by atoms with Gasteiger partial charge in [0.1, 0.15) is 0 Å². The van der Waals surface area contributed by atoms with Gasteiger partial charge in [0, 0.05) is 6.42 Å². The minimum absolute atomic E-state index is 0.00794. The fraction of sp³-hybridized carbons (Fsp3) is 0.381. The number of amides is 1. The SMILES string of the molecule is CCC(=O)N1C2Cc3cc4c(cc3C1Cc1cc3c(cc12)OCO3)OCO4. The molecule has 0 fully saturated rings. The highest BCUT2D eigenvalue weighted by Gasteiger charge is 2.43. The van der Waals surface area contributed by atoms with E-state index in [9.17, 15) is 4.79 Å². The molecule has 0 saturated heterocycles. The second kappa shape index (κ2) is 5.31. The molecule has 27 heavy (non-hydrogen) atoms. The second-order valence-electron chi connectivity index (χ2n) is 7.40. The van der Waals surface area contributed by atoms with E-state index < -0.39 is 0 Å². The topological polar surface area (TPSA) is 57.2 Å². The number of fused-ring (bicyclic) bond motifs is 8. The molecule has 4 aliphatic heterocycles. The van der Waals surface area contributed by atoms with Gasteiger partial charge in [0.25, 0.3) is 0 Å². The molecule has 0 saturated carbocycles. The molecule has 2 aromatic rings. The van der Waals surface area contributed by atoms with Gasteiger partial charge in [-0.25, -0.2) is 0 Å². The van der Waals surface area contributed by atoms with Gasteiger partial charge in [-0.1, -0.05) is 6.92 Å². The molecular weight excluding hydrogens is 346 g/mol. The van der Waals surface area contributed by atoms with Gasteiger partial charge in [0.05, 0.1) is 12.1 Å². The lowest BCUT2D eigenvalue weighted by Gasteiger charge is -2.48. The fourth-order valence-electron chi connectivity index (χ4n) is 4.85. The summed E-state index contributed by atoms with van der Waals surface area (Å²) in [6.07, 6.45) is 2.02. The minimum atomic E-state index is 0.00794. The average Bonchev–Trinajstić information content (AvgIpc) is 3.32. The zero-order valence-corrected chi connectivity index (χ0v) is 15.0. The first-order valence-corrected chi connectivity index (χ1v) is 9.39. The van der Waals surface area contributed by atoms with Crippen LogP contribution < -0.4 is 18.9 Å². The summed E-state index contributed by atoms with van der Waals surface area (Å²) in [4.78, 5) is 14.9. The number of benzene rings is 2. The third kappa shape index (κ3) is 2.04. The Bertz CT molecular complexity index is 914. The Morgan fingerprint density at radius 3 is 1.74 bits per heavy atom. The summed E-state index contributed by atoms with van der Waals surface area (Å²) >= 11 is 0. The van der Waals surface area contributed by atoms with E-state index in [4.69, 9.17) is 18.9 Å². The second-order valence-corrected chi connectivity index (χ2v) is 7.40. The quantitative estimate of drug-likeness (QED) is 0.776. The Labute approximate surface area is 156 Å². The van der Waals surface area contributed by atoms with Gasteiger partial charge in [-0.2, -0.15) is 0 Å². The van der Waals surface area contributed by atoms with Gasteiger partial charge in [-0.15, -0.1) is 0 Å². The first-order chi connectivity index (χ1) is 13.2. The van der Waals surface area contributed by atoms with E-state index in [2.05, 4.69) is 29.2 Å². The number of hydrogen-bond donors (Lipinski definition) is 0. The van der Waals surface area contributed by atoms with Crippen molar-refractivity contribution >= 4 is 5.91 Å². The standard InChI is InChI=1S/C21H19NO5/c1-2-21(23)22-15-3-11-5-17-19(26-9-24-17)7-13(11)16(22)4-12-6-18-20(8-14(12)15)27-10-25-18/h5-8,15-16H,2-4,9-10H2,1H3. The minimum Gasteiger partial charge on any atom is -0.454 e. The van der Waals surface area contributed by atoms with Crippen molar-refractivity contribution < 1.29 is 23.7 Å². The molecule has 1 amide bonds. The lowest BCUT2D eigenvalue weighted by atomic mass is 9.76. The zero-order valence-electron chi connectivity index (χ0n) is 15.0. The molecule has 2 atom stereocenters. The molecule has 6 heteroatoms. The van der Waals surface area contributed by atoms with Crippen molar-refractivity contribution in [1.82, 2.24) is 4.90 Å². The summed E-state index contributed by atoms with van der Waals surface area (Å²) in [6, 6.07) is 8.31. The number of hydrogen-bond acceptors (Lipinski definition) is 5. The molecule has 4 heterocycles. The van der Waals surface area contributed by atoms with Crippen LogP contribution in [-0.4, -0.2) is 24.4 Å². The van der Waals surface area contributed by atoms with Crippen molar-refractivity contribution in [2.75, 3.05) is 13.6 Å². The van der Waals surface area contributed by atoms with Gasteiger partial charge in [0.15, 0.2) is 23.0 Å². The Morgan fingerprint density at radius 2 is 1.30 bits per heavy atom. The predicted octanol–water partition coefficient (Wildman–Crippen LogP) is 3.28. The van der Waals surface area contributed by atoms with E-state index >= 15 is 0 Å². The monoisotopic (exact) mass is 365 g/mol. The predicted molar refractivity (Wildman–Crippen MR) is 95.2 cm³/mol. The largest absolute Gasteiger partial charge is 0.454 e. The third-order valence-corrected chi connectivity index (χ3v) is 6.08. The molecule has 6 rings (SSSR count). The zero-order chi connectivity index (χ0) is 18.1. The van der Waals surface area contributed by atoms with E-state index in [-0.39, 0.29) is 31.6 Å². The first kappa shape index (κ1) is 15.2. The van der Waals surface area contributed by atoms with E-state index in [1.54, 1.807) is 0 Å². The van der Waals surface area contributed by atoms with Crippen LogP contribution >= 0.6 is 0 Å². The summed E-state index contributed by atoms with van der Waals surface area (Å²) in [5.74, 6) is 3.32. The molecule has 4 aliphatic rings. The van der Waals surface area contributed by atoms with Crippen LogP contribution in [0.5, 0.6) is 23.0 Å². The Balaban J connectivity index is 1.53. The molecule has 0 aliphatic carbocycles. The van der Waals surface area contributed by atoms with Crippen molar-refractivity contribution in [2.45, 2.75) is 38.3 Å². The lowest BCUT2D eigenvalue weighted by molar-refractivity contribution is -0.137. The molecular formula is C21H19NO5. The smallest absolute Gasteiger partial charge is 0.231 e. The molecule has 0 spiro atoms. The number of rotatable bonds is 1. The summed E-state index contributed by atoms with van der Waals surface area (Å²) < 4.78 is 22.3. The first-order valence-electron chi connectivity index (χ1n) is 9.39. The van der Waals surface area contributed by atoms with Crippen molar-refractivity contribution in [3.05, 3.63) is 46.5 Å². The number of nitrogens with zero attached hydrogens (tertiary/aromatic N) is 1. The third-order valence-electron chi connectivity index (χ3n) is 6.08. The van der Waals surface area contributed by atoms with Crippen LogP contribution in [0.4, 0.5) is 0 Å². The molecule has 0 radical (unpaired) electrons. The lowest BCUT2D eigenvalue weighted by Crippen LogP contribution is -2.46. The maximum absolute atomic E-state index is 12.9. The Hall–Kier alpha value is -2.89. The van der Waals surface area contributed by atoms with E-state index in [1.165, 1.54) is 22.3 Å². The van der Waals surface area contributed by atoms with Crippen LogP contribution in [0.2, 0.25) is 0 Å². The van der Waals surface area contributed by atoms with Crippen molar-refractivity contribution in [1.29, 1.82) is 0 Å². The summed E-state index contributed by atoms with van der Waals surface area (Å²) in [5.41, 5.74) is 4.80. The fourth-order valence-corrected chi connectivity index (χ4v) is 4.85. The maximum Gasteiger partial charge on any atom is 0.231 e. The van der Waals surface area contributed by atoms with Crippen molar-refractivity contribution in [2.24, 2.45) is 0 Å². The molecule has 2 bridgehead atoms. The van der Waals surface area contributed by atoms with Crippen molar-refractivity contribution in [3.63, 3.8) is 0 Å². The summed E-state index contributed by atoms with van der Waals surface area (Å²) in [6.45, 7) is 2.44. The van der Waals surface area contributed by atoms with Crippen LogP contribution in [0.15, 0.2) is 24.3 Å². The van der Waals surface area contributed by atoms with Gasteiger partial charge >= 0.3 is 0 Å². The average molecular weight is 365 g/mol. The summed E-state index contributed by atoms with van der Waals surface area (Å²) in [7, 11) is 0. The van der Waals surface area contributed by atoms with Crippen LogP contribution in [0, 0.1) is 0 Å². The molecule has 0 aromatic heterocycles. The molecule has 2 unspecified atom stereocenters. The van der Waals surface area contributed by atoms with E-state index in [0.717, 1.165) is 35.8 Å². The Morgan fingerprint density at radius 1 is 0.852 bits per heavy atom. The maximum atomic E-state index is 12.9. The van der Waals surface area contributed by atoms with Crippen LogP contribution in [0.3, 0.4) is 0 Å². The molecule has 0 N–H and O–H groups in total. The van der Waals surface area contributed by atoms with Crippen molar-refractivity contribution in [3.8, 4) is 23.0 Å². The van der Waals surface area contributed by atoms with Crippen LogP contribution in [0.1, 0.15) is 47.7 Å². The highest BCUT2D eigenvalue weighted by molar-refractivity contribution is 5.78. The van der Waals surface area contributed by atoms with E-state index in [0.29, 0.717) is 6.42 Å². The summed E-state index contributed by atoms with van der Waals surface area (Å²) in [5, 5.41) is 0.